The average molecular weight is 130 g/mol. The molecule has 1 rings (SSSR count). The van der Waals surface area contributed by atoms with Crippen LogP contribution in [0.3, 0.4) is 0 Å². The molecule has 0 saturated heterocycles. The predicted molar refractivity (Wildman–Crippen MR) is 32.3 cm³/mol. The van der Waals surface area contributed by atoms with Crippen molar-refractivity contribution < 1.29 is 28.7 Å². The standard InChI is InChI=1S/C7H8O2.Li/c1-9-7(8)6-4-2-3-5-6;/h2-5,8H,1H3;/q;+1/p-1. The third-order valence-electron chi connectivity index (χ3n) is 1.08. The Balaban J connectivity index is 0.000000810. The molecule has 1 aliphatic rings. The second-order valence-electron chi connectivity index (χ2n) is 1.67. The number of rotatable bonds is 1. The minimum Gasteiger partial charge on any atom is -0.616 e. The van der Waals surface area contributed by atoms with Crippen LogP contribution in [0.1, 0.15) is 0 Å². The molecular formula is C7H7LiO2. The Hall–Kier alpha value is -0.583. The number of allylic oxidation sites excluding steroid dienone is 5. The van der Waals surface area contributed by atoms with Crippen LogP contribution in [-0.4, -0.2) is 7.11 Å². The third kappa shape index (κ3) is 1.98. The molecule has 0 saturated carbocycles. The summed E-state index contributed by atoms with van der Waals surface area (Å²) in [4.78, 5) is 0. The Bertz CT molecular complexity index is 178. The van der Waals surface area contributed by atoms with E-state index < -0.39 is 0 Å². The van der Waals surface area contributed by atoms with Gasteiger partial charge in [-0.1, -0.05) is 24.3 Å². The molecule has 0 atom stereocenters. The molecule has 0 amide bonds. The smallest absolute Gasteiger partial charge is 0.616 e. The van der Waals surface area contributed by atoms with Crippen LogP contribution < -0.4 is 24.0 Å². The number of hydrogen-bond donors (Lipinski definition) is 0. The van der Waals surface area contributed by atoms with E-state index in [1.807, 2.05) is 0 Å². The van der Waals surface area contributed by atoms with E-state index in [0.29, 0.717) is 5.57 Å². The van der Waals surface area contributed by atoms with Gasteiger partial charge in [0.2, 0.25) is 0 Å². The molecule has 0 unspecified atom stereocenters. The van der Waals surface area contributed by atoms with E-state index >= 15 is 0 Å². The minimum atomic E-state index is -0.278. The van der Waals surface area contributed by atoms with Crippen molar-refractivity contribution in [1.29, 1.82) is 0 Å². The Labute approximate surface area is 72.1 Å². The maximum atomic E-state index is 10.7. The van der Waals surface area contributed by atoms with E-state index in [-0.39, 0.29) is 24.8 Å². The van der Waals surface area contributed by atoms with E-state index in [4.69, 9.17) is 0 Å². The van der Waals surface area contributed by atoms with E-state index in [0.717, 1.165) is 0 Å². The summed E-state index contributed by atoms with van der Waals surface area (Å²) in [5.41, 5.74) is 0.609. The largest absolute Gasteiger partial charge is 1.00 e. The summed E-state index contributed by atoms with van der Waals surface area (Å²) in [5.74, 6) is -0.278. The van der Waals surface area contributed by atoms with Gasteiger partial charge >= 0.3 is 18.9 Å². The average Bonchev–Trinajstić information content (AvgIpc) is 2.37. The monoisotopic (exact) mass is 130 g/mol. The molecule has 1 aliphatic carbocycles. The quantitative estimate of drug-likeness (QED) is 0.286. The van der Waals surface area contributed by atoms with Gasteiger partial charge < -0.3 is 9.84 Å². The SMILES string of the molecule is COC([O-])=C1C=CC=C1.[Li+]. The van der Waals surface area contributed by atoms with Crippen LogP contribution >= 0.6 is 0 Å². The predicted octanol–water partition coefficient (Wildman–Crippen LogP) is -2.67. The first-order chi connectivity index (χ1) is 4.34. The van der Waals surface area contributed by atoms with Gasteiger partial charge in [-0.25, -0.2) is 0 Å². The van der Waals surface area contributed by atoms with Crippen molar-refractivity contribution in [2.24, 2.45) is 0 Å². The summed E-state index contributed by atoms with van der Waals surface area (Å²) in [6, 6.07) is 0. The van der Waals surface area contributed by atoms with Crippen molar-refractivity contribution in [3.05, 3.63) is 35.8 Å². The molecule has 0 aliphatic heterocycles. The molecule has 0 aromatic rings. The van der Waals surface area contributed by atoms with Crippen LogP contribution in [0.25, 0.3) is 0 Å². The second-order valence-corrected chi connectivity index (χ2v) is 1.67. The van der Waals surface area contributed by atoms with Crippen molar-refractivity contribution in [3.8, 4) is 0 Å². The van der Waals surface area contributed by atoms with Crippen LogP contribution in [0, 0.1) is 0 Å². The fraction of sp³-hybridized carbons (Fsp3) is 0.143. The molecule has 0 spiro atoms. The van der Waals surface area contributed by atoms with Crippen LogP contribution in [-0.2, 0) is 4.74 Å². The molecule has 2 nitrogen and oxygen atoms in total. The van der Waals surface area contributed by atoms with Gasteiger partial charge in [-0.2, -0.15) is 0 Å². The Morgan fingerprint density at radius 3 is 2.30 bits per heavy atom. The van der Waals surface area contributed by atoms with Crippen LogP contribution in [0.5, 0.6) is 0 Å². The van der Waals surface area contributed by atoms with Gasteiger partial charge in [0.1, 0.15) is 0 Å². The molecule has 0 radical (unpaired) electrons. The summed E-state index contributed by atoms with van der Waals surface area (Å²) in [6.45, 7) is 0. The van der Waals surface area contributed by atoms with Crippen LogP contribution in [0.2, 0.25) is 0 Å². The molecule has 0 N–H and O–H groups in total. The molecular weight excluding hydrogens is 123 g/mol. The van der Waals surface area contributed by atoms with Crippen molar-refractivity contribution in [2.75, 3.05) is 7.11 Å². The van der Waals surface area contributed by atoms with E-state index in [2.05, 4.69) is 4.74 Å². The zero-order chi connectivity index (χ0) is 6.69. The van der Waals surface area contributed by atoms with Gasteiger partial charge in [0, 0.05) is 0 Å². The summed E-state index contributed by atoms with van der Waals surface area (Å²) in [7, 11) is 1.37. The first kappa shape index (κ1) is 9.42. The Morgan fingerprint density at radius 2 is 1.90 bits per heavy atom. The zero-order valence-electron chi connectivity index (χ0n) is 6.13. The number of methoxy groups -OCH3 is 1. The summed E-state index contributed by atoms with van der Waals surface area (Å²) < 4.78 is 4.46. The molecule has 48 valence electrons. The van der Waals surface area contributed by atoms with Crippen LogP contribution in [0.15, 0.2) is 35.8 Å². The molecule has 0 aromatic carbocycles. The molecule has 0 fully saturated rings. The van der Waals surface area contributed by atoms with Crippen LogP contribution in [0.4, 0.5) is 0 Å². The topological polar surface area (TPSA) is 32.3 Å². The van der Waals surface area contributed by atoms with Gasteiger partial charge in [-0.15, -0.1) is 0 Å². The summed E-state index contributed by atoms with van der Waals surface area (Å²) in [6.07, 6.45) is 7.02. The Morgan fingerprint density at radius 1 is 1.40 bits per heavy atom. The maximum Gasteiger partial charge on any atom is 1.00 e. The summed E-state index contributed by atoms with van der Waals surface area (Å²) >= 11 is 0. The minimum absolute atomic E-state index is 0. The van der Waals surface area contributed by atoms with E-state index in [1.54, 1.807) is 24.3 Å². The molecule has 10 heavy (non-hydrogen) atoms. The van der Waals surface area contributed by atoms with Crippen molar-refractivity contribution in [3.63, 3.8) is 0 Å². The van der Waals surface area contributed by atoms with Crippen molar-refractivity contribution in [2.45, 2.75) is 0 Å². The van der Waals surface area contributed by atoms with Gasteiger partial charge in [0.25, 0.3) is 0 Å². The first-order valence-corrected chi connectivity index (χ1v) is 2.64. The van der Waals surface area contributed by atoms with Crippen molar-refractivity contribution in [1.82, 2.24) is 0 Å². The van der Waals surface area contributed by atoms with Gasteiger partial charge in [-0.3, -0.25) is 0 Å². The zero-order valence-corrected chi connectivity index (χ0v) is 6.13. The van der Waals surface area contributed by atoms with Crippen molar-refractivity contribution >= 4 is 0 Å². The molecule has 0 heterocycles. The van der Waals surface area contributed by atoms with E-state index in [9.17, 15) is 5.11 Å². The number of hydrogen-bond acceptors (Lipinski definition) is 2. The van der Waals surface area contributed by atoms with Gasteiger partial charge in [0.15, 0.2) is 0 Å². The molecule has 0 bridgehead atoms. The Kier molecular flexibility index (Phi) is 4.02. The molecule has 3 heteroatoms. The van der Waals surface area contributed by atoms with Gasteiger partial charge in [-0.05, 0) is 12.7 Å². The third-order valence-corrected chi connectivity index (χ3v) is 1.08. The fourth-order valence-electron chi connectivity index (χ4n) is 0.628. The second kappa shape index (κ2) is 4.27. The first-order valence-electron chi connectivity index (χ1n) is 2.64. The molecule has 0 aromatic heterocycles. The number of ether oxygens (including phenoxy) is 1. The maximum absolute atomic E-state index is 10.7. The fourth-order valence-corrected chi connectivity index (χ4v) is 0.628. The van der Waals surface area contributed by atoms with Gasteiger partial charge in [0.05, 0.1) is 5.95 Å². The normalized spacial score (nSPS) is 13.1. The summed E-state index contributed by atoms with van der Waals surface area (Å²) in [5, 5.41) is 10.7. The van der Waals surface area contributed by atoms with E-state index in [1.165, 1.54) is 7.11 Å².